The molecule has 162 valence electrons. The van der Waals surface area contributed by atoms with Gasteiger partial charge in [-0.1, -0.05) is 23.7 Å². The van der Waals surface area contributed by atoms with E-state index >= 15 is 0 Å². The zero-order chi connectivity index (χ0) is 22.1. The molecule has 2 unspecified atom stereocenters. The summed E-state index contributed by atoms with van der Waals surface area (Å²) in [6, 6.07) is 8.77. The summed E-state index contributed by atoms with van der Waals surface area (Å²) in [6.07, 6.45) is 3.69. The number of amides is 2. The molecule has 3 aromatic rings. The highest BCUT2D eigenvalue weighted by Gasteiger charge is 2.36. The molecule has 0 bridgehead atoms. The van der Waals surface area contributed by atoms with Crippen LogP contribution in [0.25, 0.3) is 10.9 Å². The van der Waals surface area contributed by atoms with Crippen LogP contribution in [-0.2, 0) is 11.2 Å². The van der Waals surface area contributed by atoms with E-state index in [2.05, 4.69) is 15.3 Å². The minimum absolute atomic E-state index is 0.108. The van der Waals surface area contributed by atoms with Gasteiger partial charge in [-0.05, 0) is 56.5 Å². The van der Waals surface area contributed by atoms with Gasteiger partial charge in [-0.2, -0.15) is 0 Å². The molecule has 1 aliphatic heterocycles. The lowest BCUT2D eigenvalue weighted by Gasteiger charge is -2.31. The largest absolute Gasteiger partial charge is 0.349 e. The number of carbonyl (C=O) groups is 2. The molecule has 0 aliphatic carbocycles. The number of pyridine rings is 1. The molecule has 31 heavy (non-hydrogen) atoms. The third-order valence-corrected chi connectivity index (χ3v) is 6.09. The molecule has 0 saturated carbocycles. The highest BCUT2D eigenvalue weighted by Crippen LogP contribution is 2.25. The molecule has 1 aromatic carbocycles. The van der Waals surface area contributed by atoms with Crippen molar-refractivity contribution in [1.29, 1.82) is 0 Å². The van der Waals surface area contributed by atoms with E-state index in [1.54, 1.807) is 30.5 Å². The predicted octanol–water partition coefficient (Wildman–Crippen LogP) is 4.10. The monoisotopic (exact) mass is 442 g/mol. The highest BCUT2D eigenvalue weighted by molar-refractivity contribution is 6.30. The molecule has 1 aliphatic rings. The van der Waals surface area contributed by atoms with Gasteiger partial charge in [0.1, 0.15) is 22.7 Å². The summed E-state index contributed by atoms with van der Waals surface area (Å²) in [7, 11) is 0. The summed E-state index contributed by atoms with van der Waals surface area (Å²) >= 11 is 5.93. The molecule has 0 radical (unpaired) electrons. The van der Waals surface area contributed by atoms with Crippen LogP contribution in [0.1, 0.15) is 42.7 Å². The van der Waals surface area contributed by atoms with Gasteiger partial charge < -0.3 is 15.2 Å². The maximum absolute atomic E-state index is 13.4. The molecule has 1 fully saturated rings. The Morgan fingerprint density at radius 3 is 2.58 bits per heavy atom. The van der Waals surface area contributed by atoms with Gasteiger partial charge in [0.25, 0.3) is 5.91 Å². The fourth-order valence-corrected chi connectivity index (χ4v) is 4.39. The minimum Gasteiger partial charge on any atom is -0.349 e. The Hall–Kier alpha value is -2.93. The normalized spacial score (nSPS) is 19.5. The van der Waals surface area contributed by atoms with E-state index in [1.165, 1.54) is 12.1 Å². The van der Waals surface area contributed by atoms with E-state index in [1.807, 2.05) is 18.7 Å². The van der Waals surface area contributed by atoms with Gasteiger partial charge in [0.15, 0.2) is 0 Å². The molecule has 0 spiro atoms. The lowest BCUT2D eigenvalue weighted by molar-refractivity contribution is -0.135. The molecule has 2 aromatic heterocycles. The van der Waals surface area contributed by atoms with Gasteiger partial charge in [-0.3, -0.25) is 9.59 Å². The summed E-state index contributed by atoms with van der Waals surface area (Å²) in [5, 5.41) is 3.97. The van der Waals surface area contributed by atoms with Crippen molar-refractivity contribution in [2.45, 2.75) is 51.2 Å². The Kier molecular flexibility index (Phi) is 5.96. The smallest absolute Gasteiger partial charge is 0.268 e. The number of aromatic amines is 1. The van der Waals surface area contributed by atoms with Gasteiger partial charge in [-0.15, -0.1) is 0 Å². The summed E-state index contributed by atoms with van der Waals surface area (Å²) in [6.45, 7) is 4.04. The summed E-state index contributed by atoms with van der Waals surface area (Å²) in [5.41, 5.74) is 1.77. The average Bonchev–Trinajstić information content (AvgIpc) is 3.31. The molecule has 2 N–H and O–H groups in total. The van der Waals surface area contributed by atoms with E-state index in [0.29, 0.717) is 16.4 Å². The molecular formula is C23H24ClFN4O2. The second kappa shape index (κ2) is 8.67. The van der Waals surface area contributed by atoms with Crippen LogP contribution >= 0.6 is 11.6 Å². The number of aromatic nitrogens is 2. The summed E-state index contributed by atoms with van der Waals surface area (Å²) in [4.78, 5) is 35.3. The van der Waals surface area contributed by atoms with Crippen molar-refractivity contribution in [2.75, 3.05) is 0 Å². The minimum atomic E-state index is -0.769. The van der Waals surface area contributed by atoms with Crippen molar-refractivity contribution in [3.8, 4) is 0 Å². The first-order valence-electron chi connectivity index (χ1n) is 10.3. The van der Waals surface area contributed by atoms with Crippen molar-refractivity contribution in [3.63, 3.8) is 0 Å². The number of halogens is 2. The second-order valence-electron chi connectivity index (χ2n) is 8.15. The van der Waals surface area contributed by atoms with E-state index in [9.17, 15) is 14.0 Å². The molecule has 2 amide bonds. The van der Waals surface area contributed by atoms with E-state index in [4.69, 9.17) is 11.6 Å². The maximum atomic E-state index is 13.4. The number of likely N-dealkylation sites (tertiary alicyclic amines) is 1. The number of fused-ring (bicyclic) bond motifs is 1. The van der Waals surface area contributed by atoms with E-state index < -0.39 is 11.9 Å². The van der Waals surface area contributed by atoms with Gasteiger partial charge in [-0.25, -0.2) is 9.37 Å². The zero-order valence-electron chi connectivity index (χ0n) is 17.4. The van der Waals surface area contributed by atoms with Crippen LogP contribution in [0.2, 0.25) is 5.15 Å². The number of H-pyrrole nitrogens is 1. The Bertz CT molecular complexity index is 1100. The first-order chi connectivity index (χ1) is 14.8. The molecule has 3 heterocycles. The number of carbonyl (C=O) groups excluding carboxylic acids is 2. The fraction of sp³-hybridized carbons (Fsp3) is 0.348. The van der Waals surface area contributed by atoms with Crippen LogP contribution < -0.4 is 5.32 Å². The van der Waals surface area contributed by atoms with E-state index in [-0.39, 0.29) is 30.2 Å². The topological polar surface area (TPSA) is 78.1 Å². The average molecular weight is 443 g/mol. The quantitative estimate of drug-likeness (QED) is 0.584. The fourth-order valence-electron chi connectivity index (χ4n) is 4.23. The lowest BCUT2D eigenvalue weighted by atomic mass is 10.0. The van der Waals surface area contributed by atoms with Crippen LogP contribution in [0.3, 0.4) is 0 Å². The molecule has 1 saturated heterocycles. The van der Waals surface area contributed by atoms with Gasteiger partial charge in [0, 0.05) is 23.9 Å². The summed E-state index contributed by atoms with van der Waals surface area (Å²) < 4.78 is 13.3. The third kappa shape index (κ3) is 4.56. The Balaban J connectivity index is 1.59. The number of hydrogen-bond acceptors (Lipinski definition) is 3. The van der Waals surface area contributed by atoms with Crippen LogP contribution in [0.4, 0.5) is 4.39 Å². The van der Waals surface area contributed by atoms with Gasteiger partial charge >= 0.3 is 0 Å². The van der Waals surface area contributed by atoms with Crippen LogP contribution in [0.5, 0.6) is 0 Å². The number of hydrogen-bond donors (Lipinski definition) is 2. The van der Waals surface area contributed by atoms with Crippen LogP contribution in [0.15, 0.2) is 42.6 Å². The number of rotatable bonds is 5. The van der Waals surface area contributed by atoms with Crippen molar-refractivity contribution >= 4 is 34.3 Å². The van der Waals surface area contributed by atoms with Crippen LogP contribution in [0, 0.1) is 5.82 Å². The summed E-state index contributed by atoms with van der Waals surface area (Å²) in [5.74, 6) is -0.869. The second-order valence-corrected chi connectivity index (χ2v) is 8.54. The number of nitrogens with zero attached hydrogens (tertiary/aromatic N) is 2. The number of benzene rings is 1. The van der Waals surface area contributed by atoms with Crippen molar-refractivity contribution in [3.05, 3.63) is 64.8 Å². The van der Waals surface area contributed by atoms with Gasteiger partial charge in [0.05, 0.1) is 11.7 Å². The zero-order valence-corrected chi connectivity index (χ0v) is 18.1. The standard InChI is InChI=1S/C23H24ClFN4O2/c1-13-3-4-14(2)29(13)23(31)19(9-15-5-7-17(25)8-6-15)28-22(30)18-10-16-11-21(24)26-12-20(16)27-18/h5-8,10-14,19,27H,3-4,9H2,1-2H3,(H,28,30)/t13?,14?,19-/m0/s1. The molecule has 6 nitrogen and oxygen atoms in total. The molecule has 4 rings (SSSR count). The van der Waals surface area contributed by atoms with Gasteiger partial charge in [0.2, 0.25) is 5.91 Å². The van der Waals surface area contributed by atoms with Crippen molar-refractivity contribution in [1.82, 2.24) is 20.2 Å². The first-order valence-corrected chi connectivity index (χ1v) is 10.7. The van der Waals surface area contributed by atoms with E-state index in [0.717, 1.165) is 23.8 Å². The van der Waals surface area contributed by atoms with Crippen molar-refractivity contribution in [2.24, 2.45) is 0 Å². The highest BCUT2D eigenvalue weighted by atomic mass is 35.5. The Morgan fingerprint density at radius 2 is 1.90 bits per heavy atom. The first kappa shape index (κ1) is 21.3. The Labute approximate surface area is 184 Å². The molecule has 3 atom stereocenters. The Morgan fingerprint density at radius 1 is 1.23 bits per heavy atom. The van der Waals surface area contributed by atoms with Crippen LogP contribution in [-0.4, -0.2) is 44.8 Å². The molecule has 8 heteroatoms. The maximum Gasteiger partial charge on any atom is 0.268 e. The SMILES string of the molecule is CC1CCC(C)N1C(=O)[C@H](Cc1ccc(F)cc1)NC(=O)c1cc2cc(Cl)ncc2[nH]1. The predicted molar refractivity (Wildman–Crippen MR) is 117 cm³/mol. The third-order valence-electron chi connectivity index (χ3n) is 5.88. The molecular weight excluding hydrogens is 419 g/mol. The lowest BCUT2D eigenvalue weighted by Crippen LogP contribution is -2.52. The van der Waals surface area contributed by atoms with Crippen molar-refractivity contribution < 1.29 is 14.0 Å². The number of nitrogens with one attached hydrogen (secondary N) is 2.